The first-order valence-electron chi connectivity index (χ1n) is 9.39. The van der Waals surface area contributed by atoms with Crippen molar-refractivity contribution in [3.63, 3.8) is 0 Å². The molecule has 0 saturated carbocycles. The minimum Gasteiger partial charge on any atom is -0.350 e. The summed E-state index contributed by atoms with van der Waals surface area (Å²) in [6.07, 6.45) is 0.875. The van der Waals surface area contributed by atoms with E-state index < -0.39 is 0 Å². The summed E-state index contributed by atoms with van der Waals surface area (Å²) in [6, 6.07) is 15.9. The molecular formula is C22H22N4OS. The Bertz CT molecular complexity index is 1120. The molecule has 1 N–H and O–H groups in total. The standard InChI is InChI=1S/C22H22N4OS/c1-4-14(2)23-22(27)17-13-18(19-11-8-12-28-19)24-21-20(17)15(3)25-26(21)16-9-6-5-7-10-16/h5-14H,4H2,1-3H3,(H,23,27)/t14-/m1/s1. The van der Waals surface area contributed by atoms with Crippen molar-refractivity contribution in [2.75, 3.05) is 0 Å². The number of rotatable bonds is 5. The second-order valence-electron chi connectivity index (χ2n) is 6.85. The number of aryl methyl sites for hydroxylation is 1. The maximum atomic E-state index is 13.1. The van der Waals surface area contributed by atoms with Crippen LogP contribution in [0.4, 0.5) is 0 Å². The molecule has 1 amide bonds. The van der Waals surface area contributed by atoms with E-state index in [0.717, 1.165) is 33.8 Å². The van der Waals surface area contributed by atoms with Gasteiger partial charge in [-0.05, 0) is 49.9 Å². The predicted molar refractivity (Wildman–Crippen MR) is 114 cm³/mol. The van der Waals surface area contributed by atoms with Crippen molar-refractivity contribution in [3.05, 3.63) is 65.2 Å². The molecule has 0 aliphatic carbocycles. The van der Waals surface area contributed by atoms with Crippen molar-refractivity contribution in [1.82, 2.24) is 20.1 Å². The third-order valence-corrected chi connectivity index (χ3v) is 5.71. The van der Waals surface area contributed by atoms with Crippen LogP contribution in [0.25, 0.3) is 27.3 Å². The molecule has 0 aliphatic heterocycles. The molecule has 0 saturated heterocycles. The molecule has 28 heavy (non-hydrogen) atoms. The van der Waals surface area contributed by atoms with E-state index in [-0.39, 0.29) is 11.9 Å². The number of aromatic nitrogens is 3. The maximum absolute atomic E-state index is 13.1. The van der Waals surface area contributed by atoms with Gasteiger partial charge in [0.25, 0.3) is 5.91 Å². The highest BCUT2D eigenvalue weighted by Crippen LogP contribution is 2.30. The van der Waals surface area contributed by atoms with Gasteiger partial charge in [0, 0.05) is 6.04 Å². The molecule has 0 radical (unpaired) electrons. The van der Waals surface area contributed by atoms with Gasteiger partial charge in [0.1, 0.15) is 0 Å². The number of fused-ring (bicyclic) bond motifs is 1. The highest BCUT2D eigenvalue weighted by atomic mass is 32.1. The van der Waals surface area contributed by atoms with Crippen molar-refractivity contribution in [2.45, 2.75) is 33.2 Å². The van der Waals surface area contributed by atoms with E-state index in [0.29, 0.717) is 11.2 Å². The smallest absolute Gasteiger partial charge is 0.252 e. The van der Waals surface area contributed by atoms with E-state index >= 15 is 0 Å². The van der Waals surface area contributed by atoms with Crippen molar-refractivity contribution in [3.8, 4) is 16.3 Å². The van der Waals surface area contributed by atoms with Crippen LogP contribution in [0.5, 0.6) is 0 Å². The first-order chi connectivity index (χ1) is 13.6. The number of benzene rings is 1. The summed E-state index contributed by atoms with van der Waals surface area (Å²) in [7, 11) is 0. The van der Waals surface area contributed by atoms with Gasteiger partial charge < -0.3 is 5.32 Å². The summed E-state index contributed by atoms with van der Waals surface area (Å²) in [5.74, 6) is -0.0877. The molecule has 142 valence electrons. The lowest BCUT2D eigenvalue weighted by molar-refractivity contribution is 0.0941. The van der Waals surface area contributed by atoms with Crippen LogP contribution in [0.3, 0.4) is 0 Å². The Kier molecular flexibility index (Phi) is 4.96. The Hall–Kier alpha value is -2.99. The molecular weight excluding hydrogens is 368 g/mol. The van der Waals surface area contributed by atoms with Gasteiger partial charge in [-0.15, -0.1) is 11.3 Å². The van der Waals surface area contributed by atoms with E-state index in [1.165, 1.54) is 0 Å². The second kappa shape index (κ2) is 7.56. The van der Waals surface area contributed by atoms with Crippen LogP contribution < -0.4 is 5.32 Å². The van der Waals surface area contributed by atoms with E-state index in [4.69, 9.17) is 10.1 Å². The molecule has 4 rings (SSSR count). The number of amides is 1. The molecule has 0 unspecified atom stereocenters. The summed E-state index contributed by atoms with van der Waals surface area (Å²) in [5, 5.41) is 10.6. The van der Waals surface area contributed by atoms with Gasteiger partial charge in [0.2, 0.25) is 0 Å². The van der Waals surface area contributed by atoms with Crippen LogP contribution in [0, 0.1) is 6.92 Å². The Morgan fingerprint density at radius 3 is 2.68 bits per heavy atom. The third kappa shape index (κ3) is 3.31. The maximum Gasteiger partial charge on any atom is 0.252 e. The van der Waals surface area contributed by atoms with E-state index in [9.17, 15) is 4.79 Å². The molecule has 6 heteroatoms. The number of pyridine rings is 1. The average Bonchev–Trinajstić information content (AvgIpc) is 3.36. The monoisotopic (exact) mass is 390 g/mol. The number of thiophene rings is 1. The molecule has 3 heterocycles. The summed E-state index contributed by atoms with van der Waals surface area (Å²) >= 11 is 1.61. The topological polar surface area (TPSA) is 59.8 Å². The highest BCUT2D eigenvalue weighted by molar-refractivity contribution is 7.13. The number of hydrogen-bond acceptors (Lipinski definition) is 4. The number of nitrogens with one attached hydrogen (secondary N) is 1. The van der Waals surface area contributed by atoms with E-state index in [1.54, 1.807) is 11.3 Å². The number of carbonyl (C=O) groups is 1. The second-order valence-corrected chi connectivity index (χ2v) is 7.79. The largest absolute Gasteiger partial charge is 0.350 e. The first-order valence-corrected chi connectivity index (χ1v) is 10.3. The SMILES string of the molecule is CC[C@@H](C)NC(=O)c1cc(-c2cccs2)nc2c1c(C)nn2-c1ccccc1. The number of nitrogens with zero attached hydrogens (tertiary/aromatic N) is 3. The molecule has 0 aliphatic rings. The zero-order valence-electron chi connectivity index (χ0n) is 16.1. The van der Waals surface area contributed by atoms with Crippen molar-refractivity contribution in [1.29, 1.82) is 0 Å². The number of hydrogen-bond donors (Lipinski definition) is 1. The van der Waals surface area contributed by atoms with Gasteiger partial charge in [0.15, 0.2) is 5.65 Å². The van der Waals surface area contributed by atoms with Crippen molar-refractivity contribution < 1.29 is 4.79 Å². The predicted octanol–water partition coefficient (Wildman–Crippen LogP) is 4.99. The van der Waals surface area contributed by atoms with Crippen molar-refractivity contribution >= 4 is 28.3 Å². The normalized spacial score (nSPS) is 12.2. The van der Waals surface area contributed by atoms with E-state index in [2.05, 4.69) is 12.2 Å². The van der Waals surface area contributed by atoms with Crippen LogP contribution in [0.15, 0.2) is 53.9 Å². The Morgan fingerprint density at radius 2 is 2.00 bits per heavy atom. The Balaban J connectivity index is 1.97. The van der Waals surface area contributed by atoms with Gasteiger partial charge in [-0.25, -0.2) is 9.67 Å². The Morgan fingerprint density at radius 1 is 1.21 bits per heavy atom. The van der Waals surface area contributed by atoms with Gasteiger partial charge in [-0.1, -0.05) is 31.2 Å². The quantitative estimate of drug-likeness (QED) is 0.522. The fourth-order valence-corrected chi connectivity index (χ4v) is 3.86. The minimum absolute atomic E-state index is 0.0877. The third-order valence-electron chi connectivity index (χ3n) is 4.82. The number of para-hydroxylation sites is 1. The first kappa shape index (κ1) is 18.4. The zero-order valence-corrected chi connectivity index (χ0v) is 17.0. The molecule has 1 aromatic carbocycles. The lowest BCUT2D eigenvalue weighted by atomic mass is 10.1. The lowest BCUT2D eigenvalue weighted by Gasteiger charge is -2.13. The summed E-state index contributed by atoms with van der Waals surface area (Å²) in [4.78, 5) is 19.0. The van der Waals surface area contributed by atoms with Crippen LogP contribution >= 0.6 is 11.3 Å². The molecule has 3 aromatic heterocycles. The summed E-state index contributed by atoms with van der Waals surface area (Å²) in [5.41, 5.74) is 3.81. The van der Waals surface area contributed by atoms with Gasteiger partial charge in [-0.2, -0.15) is 5.10 Å². The minimum atomic E-state index is -0.0877. The fraction of sp³-hybridized carbons (Fsp3) is 0.227. The van der Waals surface area contributed by atoms with Gasteiger partial charge in [-0.3, -0.25) is 4.79 Å². The van der Waals surface area contributed by atoms with Crippen LogP contribution in [-0.2, 0) is 0 Å². The van der Waals surface area contributed by atoms with Crippen LogP contribution in [0.2, 0.25) is 0 Å². The fourth-order valence-electron chi connectivity index (χ4n) is 3.17. The molecule has 5 nitrogen and oxygen atoms in total. The van der Waals surface area contributed by atoms with Crippen LogP contribution in [-0.4, -0.2) is 26.7 Å². The highest BCUT2D eigenvalue weighted by Gasteiger charge is 2.21. The molecule has 0 bridgehead atoms. The number of carbonyl (C=O) groups excluding carboxylic acids is 1. The molecule has 0 spiro atoms. The molecule has 4 aromatic rings. The lowest BCUT2D eigenvalue weighted by Crippen LogP contribution is -2.32. The molecule has 1 atom stereocenters. The van der Waals surface area contributed by atoms with Gasteiger partial charge in [0.05, 0.1) is 32.9 Å². The van der Waals surface area contributed by atoms with Gasteiger partial charge >= 0.3 is 0 Å². The summed E-state index contributed by atoms with van der Waals surface area (Å²) < 4.78 is 1.82. The molecule has 0 fully saturated rings. The average molecular weight is 391 g/mol. The van der Waals surface area contributed by atoms with E-state index in [1.807, 2.05) is 72.4 Å². The van der Waals surface area contributed by atoms with Crippen molar-refractivity contribution in [2.24, 2.45) is 0 Å². The van der Waals surface area contributed by atoms with Crippen LogP contribution in [0.1, 0.15) is 36.3 Å². The summed E-state index contributed by atoms with van der Waals surface area (Å²) in [6.45, 7) is 5.99. The Labute approximate surface area is 168 Å². The zero-order chi connectivity index (χ0) is 19.7.